The number of aliphatic carboxylic acids is 1. The summed E-state index contributed by atoms with van der Waals surface area (Å²) in [5.41, 5.74) is 0.456. The van der Waals surface area contributed by atoms with Gasteiger partial charge in [-0.1, -0.05) is 24.3 Å². The molecule has 1 unspecified atom stereocenters. The Bertz CT molecular complexity index is 1490. The standard InChI is InChI=1S/C25H27F3N6O5S/c26-25(27,28)20-6-2-1-4-17(20)15-40(38,39)33-21(24(36)37)13-30-23(35)18-12-31-34(14-18)11-9-19-8-7-16-5-3-10-29-22(16)32-19/h1-2,4,6-8,12,14,21,33H,3,5,9-11,13,15H2,(H,29,32)(H,30,35)(H,36,37). The summed E-state index contributed by atoms with van der Waals surface area (Å²) < 4.78 is 68.0. The lowest BCUT2D eigenvalue weighted by Gasteiger charge is -2.17. The zero-order valence-corrected chi connectivity index (χ0v) is 21.9. The summed E-state index contributed by atoms with van der Waals surface area (Å²) in [7, 11) is -4.52. The van der Waals surface area contributed by atoms with Gasteiger partial charge in [0.15, 0.2) is 0 Å². The van der Waals surface area contributed by atoms with Gasteiger partial charge in [0, 0.05) is 37.9 Å². The average Bonchev–Trinajstić information content (AvgIpc) is 3.38. The Balaban J connectivity index is 1.32. The maximum atomic E-state index is 13.2. The van der Waals surface area contributed by atoms with Crippen LogP contribution in [0, 0.1) is 0 Å². The fourth-order valence-corrected chi connectivity index (χ4v) is 5.56. The molecule has 1 aliphatic rings. The molecule has 1 amide bonds. The number of pyridine rings is 1. The van der Waals surface area contributed by atoms with Crippen LogP contribution in [0.15, 0.2) is 48.8 Å². The Hall–Kier alpha value is -3.98. The van der Waals surface area contributed by atoms with Gasteiger partial charge in [0.25, 0.3) is 5.91 Å². The van der Waals surface area contributed by atoms with Gasteiger partial charge in [-0.3, -0.25) is 14.3 Å². The lowest BCUT2D eigenvalue weighted by atomic mass is 10.1. The van der Waals surface area contributed by atoms with Crippen molar-refractivity contribution >= 4 is 27.7 Å². The number of nitrogens with zero attached hydrogens (tertiary/aromatic N) is 3. The molecule has 0 saturated heterocycles. The van der Waals surface area contributed by atoms with E-state index in [0.29, 0.717) is 13.0 Å². The van der Waals surface area contributed by atoms with Crippen LogP contribution >= 0.6 is 0 Å². The molecular weight excluding hydrogens is 553 g/mol. The van der Waals surface area contributed by atoms with Gasteiger partial charge in [-0.05, 0) is 36.1 Å². The molecule has 15 heteroatoms. The number of alkyl halides is 3. The molecule has 4 rings (SSSR count). The molecule has 0 aliphatic carbocycles. The van der Waals surface area contributed by atoms with Crippen molar-refractivity contribution in [2.45, 2.75) is 43.8 Å². The SMILES string of the molecule is O=C(NCC(NS(=O)(=O)Cc1ccccc1C(F)(F)F)C(=O)O)c1cnn(CCc2ccc3c(n2)NCCC3)c1. The third-order valence-electron chi connectivity index (χ3n) is 6.20. The van der Waals surface area contributed by atoms with Gasteiger partial charge in [-0.25, -0.2) is 13.4 Å². The van der Waals surface area contributed by atoms with Gasteiger partial charge in [-0.15, -0.1) is 0 Å². The van der Waals surface area contributed by atoms with E-state index < -0.39 is 57.5 Å². The fraction of sp³-hybridized carbons (Fsp3) is 0.360. The second kappa shape index (κ2) is 12.0. The van der Waals surface area contributed by atoms with Crippen LogP contribution in [0.4, 0.5) is 19.0 Å². The Morgan fingerprint density at radius 1 is 1.18 bits per heavy atom. The number of rotatable bonds is 11. The van der Waals surface area contributed by atoms with Crippen LogP contribution in [0.3, 0.4) is 0 Å². The van der Waals surface area contributed by atoms with E-state index >= 15 is 0 Å². The van der Waals surface area contributed by atoms with Crippen LogP contribution < -0.4 is 15.4 Å². The lowest BCUT2D eigenvalue weighted by Crippen LogP contribution is -2.48. The number of carboxylic acid groups (broad SMARTS) is 1. The van der Waals surface area contributed by atoms with Crippen molar-refractivity contribution in [3.8, 4) is 0 Å². The first-order valence-corrected chi connectivity index (χ1v) is 14.0. The number of sulfonamides is 1. The Kier molecular flexibility index (Phi) is 8.73. The number of aryl methyl sites for hydroxylation is 3. The highest BCUT2D eigenvalue weighted by Crippen LogP contribution is 2.32. The van der Waals surface area contributed by atoms with Crippen molar-refractivity contribution in [3.63, 3.8) is 0 Å². The summed E-state index contributed by atoms with van der Waals surface area (Å²) in [5.74, 6) is -2.54. The van der Waals surface area contributed by atoms with Gasteiger partial charge < -0.3 is 15.7 Å². The molecule has 40 heavy (non-hydrogen) atoms. The molecule has 214 valence electrons. The van der Waals surface area contributed by atoms with Crippen LogP contribution in [0.2, 0.25) is 0 Å². The molecule has 11 nitrogen and oxygen atoms in total. The molecule has 3 aromatic rings. The molecule has 2 aromatic heterocycles. The topological polar surface area (TPSA) is 155 Å². The van der Waals surface area contributed by atoms with E-state index in [1.165, 1.54) is 28.7 Å². The van der Waals surface area contributed by atoms with Gasteiger partial charge in [0.05, 0.1) is 23.1 Å². The largest absolute Gasteiger partial charge is 0.480 e. The van der Waals surface area contributed by atoms with Crippen molar-refractivity contribution in [3.05, 3.63) is 76.7 Å². The van der Waals surface area contributed by atoms with E-state index in [0.717, 1.165) is 49.1 Å². The molecule has 1 aromatic carbocycles. The number of aromatic nitrogens is 3. The molecule has 3 heterocycles. The maximum Gasteiger partial charge on any atom is 0.416 e. The summed E-state index contributed by atoms with van der Waals surface area (Å²) >= 11 is 0. The van der Waals surface area contributed by atoms with Gasteiger partial charge in [0.1, 0.15) is 11.9 Å². The molecule has 4 N–H and O–H groups in total. The quantitative estimate of drug-likeness (QED) is 0.269. The lowest BCUT2D eigenvalue weighted by molar-refractivity contribution is -0.139. The molecule has 0 bridgehead atoms. The number of carboxylic acids is 1. The number of nitrogens with one attached hydrogen (secondary N) is 3. The number of carbonyl (C=O) groups excluding carboxylic acids is 1. The first-order valence-electron chi connectivity index (χ1n) is 12.3. The normalized spacial score (nSPS) is 14.2. The molecule has 0 spiro atoms. The minimum absolute atomic E-state index is 0.117. The van der Waals surface area contributed by atoms with Crippen LogP contribution in [0.1, 0.15) is 39.2 Å². The third kappa shape index (κ3) is 7.57. The van der Waals surface area contributed by atoms with E-state index in [2.05, 4.69) is 20.7 Å². The number of anilines is 1. The number of hydrogen-bond donors (Lipinski definition) is 4. The molecular formula is C25H27F3N6O5S. The number of amides is 1. The van der Waals surface area contributed by atoms with E-state index in [4.69, 9.17) is 0 Å². The van der Waals surface area contributed by atoms with Gasteiger partial charge >= 0.3 is 12.1 Å². The molecule has 0 fully saturated rings. The molecule has 1 aliphatic heterocycles. The number of carbonyl (C=O) groups is 2. The summed E-state index contributed by atoms with van der Waals surface area (Å²) in [4.78, 5) is 28.8. The van der Waals surface area contributed by atoms with Crippen LogP contribution in [0.25, 0.3) is 0 Å². The smallest absolute Gasteiger partial charge is 0.416 e. The predicted octanol–water partition coefficient (Wildman–Crippen LogP) is 2.20. The predicted molar refractivity (Wildman–Crippen MR) is 138 cm³/mol. The Labute approximate surface area is 227 Å². The first kappa shape index (κ1) is 29.0. The number of hydrogen-bond acceptors (Lipinski definition) is 7. The van der Waals surface area contributed by atoms with Crippen molar-refractivity contribution in [2.75, 3.05) is 18.4 Å². The van der Waals surface area contributed by atoms with E-state index in [1.54, 1.807) is 0 Å². The minimum Gasteiger partial charge on any atom is -0.480 e. The van der Waals surface area contributed by atoms with E-state index in [-0.39, 0.29) is 5.56 Å². The maximum absolute atomic E-state index is 13.2. The highest BCUT2D eigenvalue weighted by atomic mass is 32.2. The fourth-order valence-electron chi connectivity index (χ4n) is 4.20. The first-order chi connectivity index (χ1) is 18.9. The van der Waals surface area contributed by atoms with E-state index in [9.17, 15) is 36.3 Å². The van der Waals surface area contributed by atoms with Crippen molar-refractivity contribution in [2.24, 2.45) is 0 Å². The third-order valence-corrected chi connectivity index (χ3v) is 7.53. The van der Waals surface area contributed by atoms with Crippen LogP contribution in [-0.4, -0.2) is 59.3 Å². The summed E-state index contributed by atoms with van der Waals surface area (Å²) in [6.45, 7) is 0.652. The molecule has 0 radical (unpaired) electrons. The second-order valence-corrected chi connectivity index (χ2v) is 11.0. The highest BCUT2D eigenvalue weighted by molar-refractivity contribution is 7.88. The van der Waals surface area contributed by atoms with Gasteiger partial charge in [-0.2, -0.15) is 23.0 Å². The Morgan fingerprint density at radius 3 is 2.70 bits per heavy atom. The Morgan fingerprint density at radius 2 is 1.95 bits per heavy atom. The minimum atomic E-state index is -4.79. The van der Waals surface area contributed by atoms with Crippen molar-refractivity contribution in [1.82, 2.24) is 24.8 Å². The van der Waals surface area contributed by atoms with Crippen LogP contribution in [-0.2, 0) is 46.1 Å². The monoisotopic (exact) mass is 580 g/mol. The zero-order chi connectivity index (χ0) is 28.9. The van der Waals surface area contributed by atoms with Crippen LogP contribution in [0.5, 0.6) is 0 Å². The molecule has 1 atom stereocenters. The van der Waals surface area contributed by atoms with Gasteiger partial charge in [0.2, 0.25) is 10.0 Å². The highest BCUT2D eigenvalue weighted by Gasteiger charge is 2.35. The number of fused-ring (bicyclic) bond motifs is 1. The molecule has 0 saturated carbocycles. The van der Waals surface area contributed by atoms with E-state index in [1.807, 2.05) is 16.9 Å². The zero-order valence-electron chi connectivity index (χ0n) is 21.1. The van der Waals surface area contributed by atoms with Crippen molar-refractivity contribution in [1.29, 1.82) is 0 Å². The summed E-state index contributed by atoms with van der Waals surface area (Å²) in [5, 5.41) is 19.2. The van der Waals surface area contributed by atoms with Crippen molar-refractivity contribution < 1.29 is 36.3 Å². The summed E-state index contributed by atoms with van der Waals surface area (Å²) in [6, 6.07) is 6.26. The second-order valence-electron chi connectivity index (χ2n) is 9.22. The number of halogens is 3. The number of benzene rings is 1. The average molecular weight is 581 g/mol. The summed E-state index contributed by atoms with van der Waals surface area (Å²) in [6.07, 6.45) is 0.541.